The highest BCUT2D eigenvalue weighted by Gasteiger charge is 2.14. The Kier molecular flexibility index (Phi) is 8.43. The first-order chi connectivity index (χ1) is 13.4. The van der Waals surface area contributed by atoms with E-state index in [1.165, 1.54) is 70.0 Å². The van der Waals surface area contributed by atoms with Crippen molar-refractivity contribution in [2.24, 2.45) is 10.9 Å². The van der Waals surface area contributed by atoms with Crippen molar-refractivity contribution in [1.29, 1.82) is 0 Å². The van der Waals surface area contributed by atoms with E-state index in [0.717, 1.165) is 56.7 Å². The minimum absolute atomic E-state index is 0.854. The first kappa shape index (κ1) is 20.2. The molecule has 6 heteroatoms. The number of hydrogen-bond donors (Lipinski definition) is 2. The van der Waals surface area contributed by atoms with E-state index in [1.54, 1.807) is 0 Å². The minimum Gasteiger partial charge on any atom is -0.357 e. The second kappa shape index (κ2) is 11.3. The summed E-state index contributed by atoms with van der Waals surface area (Å²) in [6.45, 7) is 5.87. The number of aromatic nitrogens is 3. The first-order valence-corrected chi connectivity index (χ1v) is 11.3. The van der Waals surface area contributed by atoms with Crippen molar-refractivity contribution in [2.45, 2.75) is 90.5 Å². The summed E-state index contributed by atoms with van der Waals surface area (Å²) >= 11 is 0. The number of nitrogens with zero attached hydrogens (tertiary/aromatic N) is 4. The first-order valence-electron chi connectivity index (χ1n) is 11.3. The average molecular weight is 375 g/mol. The molecule has 1 aromatic rings. The summed E-state index contributed by atoms with van der Waals surface area (Å²) in [5.74, 6) is 4.18. The molecule has 1 fully saturated rings. The van der Waals surface area contributed by atoms with Crippen molar-refractivity contribution in [3.05, 3.63) is 11.6 Å². The highest BCUT2D eigenvalue weighted by atomic mass is 15.3. The number of aryl methyl sites for hydroxylation is 1. The van der Waals surface area contributed by atoms with Crippen LogP contribution in [0, 0.1) is 5.92 Å². The second-order valence-corrected chi connectivity index (χ2v) is 8.08. The van der Waals surface area contributed by atoms with E-state index >= 15 is 0 Å². The van der Waals surface area contributed by atoms with Gasteiger partial charge >= 0.3 is 0 Å². The SMILES string of the molecule is CCNC(=NCCCC1CCCCC1)NCCc1nnc2n1CCCCC2. The van der Waals surface area contributed by atoms with Crippen molar-refractivity contribution < 1.29 is 0 Å². The Balaban J connectivity index is 1.40. The van der Waals surface area contributed by atoms with Gasteiger partial charge in [-0.15, -0.1) is 10.2 Å². The van der Waals surface area contributed by atoms with Gasteiger partial charge in [-0.2, -0.15) is 0 Å². The molecule has 2 heterocycles. The van der Waals surface area contributed by atoms with Gasteiger partial charge in [0.05, 0.1) is 0 Å². The lowest BCUT2D eigenvalue weighted by Gasteiger charge is -2.20. The lowest BCUT2D eigenvalue weighted by atomic mass is 9.86. The molecule has 0 aromatic carbocycles. The van der Waals surface area contributed by atoms with E-state index in [4.69, 9.17) is 4.99 Å². The monoisotopic (exact) mass is 374 g/mol. The number of rotatable bonds is 8. The molecule has 152 valence electrons. The fraction of sp³-hybridized carbons (Fsp3) is 0.857. The number of nitrogens with one attached hydrogen (secondary N) is 2. The largest absolute Gasteiger partial charge is 0.357 e. The van der Waals surface area contributed by atoms with Crippen molar-refractivity contribution in [3.63, 3.8) is 0 Å². The third-order valence-electron chi connectivity index (χ3n) is 5.94. The second-order valence-electron chi connectivity index (χ2n) is 8.08. The molecule has 1 saturated carbocycles. The molecule has 3 rings (SSSR count). The molecule has 1 aromatic heterocycles. The Morgan fingerprint density at radius 1 is 1.07 bits per heavy atom. The van der Waals surface area contributed by atoms with Crippen LogP contribution in [0.3, 0.4) is 0 Å². The summed E-state index contributed by atoms with van der Waals surface area (Å²) in [6, 6.07) is 0. The molecule has 2 aliphatic rings. The molecule has 27 heavy (non-hydrogen) atoms. The molecule has 1 aliphatic heterocycles. The molecule has 0 radical (unpaired) electrons. The molecule has 0 saturated heterocycles. The van der Waals surface area contributed by atoms with Crippen LogP contribution in [0.1, 0.15) is 82.8 Å². The highest BCUT2D eigenvalue weighted by Crippen LogP contribution is 2.27. The molecule has 0 spiro atoms. The number of aliphatic imine (C=N–C) groups is 1. The molecule has 2 N–H and O–H groups in total. The molecular weight excluding hydrogens is 336 g/mol. The van der Waals surface area contributed by atoms with Crippen molar-refractivity contribution in [3.8, 4) is 0 Å². The van der Waals surface area contributed by atoms with Gasteiger partial charge in [-0.1, -0.05) is 38.5 Å². The van der Waals surface area contributed by atoms with E-state index in [1.807, 2.05) is 0 Å². The van der Waals surface area contributed by atoms with E-state index < -0.39 is 0 Å². The lowest BCUT2D eigenvalue weighted by Crippen LogP contribution is -2.38. The van der Waals surface area contributed by atoms with Gasteiger partial charge in [0, 0.05) is 39.0 Å². The predicted molar refractivity (Wildman–Crippen MR) is 111 cm³/mol. The van der Waals surface area contributed by atoms with Crippen molar-refractivity contribution in [2.75, 3.05) is 19.6 Å². The maximum atomic E-state index is 4.77. The maximum absolute atomic E-state index is 4.77. The van der Waals surface area contributed by atoms with Crippen LogP contribution in [-0.4, -0.2) is 40.4 Å². The molecule has 0 amide bonds. The van der Waals surface area contributed by atoms with Crippen molar-refractivity contribution in [1.82, 2.24) is 25.4 Å². The van der Waals surface area contributed by atoms with Gasteiger partial charge in [0.15, 0.2) is 5.96 Å². The summed E-state index contributed by atoms with van der Waals surface area (Å²) in [5.41, 5.74) is 0. The normalized spacial score (nSPS) is 18.8. The molecule has 0 bridgehead atoms. The number of guanidine groups is 1. The van der Waals surface area contributed by atoms with Gasteiger partial charge in [0.2, 0.25) is 0 Å². The summed E-state index contributed by atoms with van der Waals surface area (Å²) in [5, 5.41) is 15.7. The molecule has 1 aliphatic carbocycles. The van der Waals surface area contributed by atoms with Crippen LogP contribution in [0.4, 0.5) is 0 Å². The van der Waals surface area contributed by atoms with Gasteiger partial charge < -0.3 is 15.2 Å². The number of hydrogen-bond acceptors (Lipinski definition) is 3. The smallest absolute Gasteiger partial charge is 0.191 e. The Hall–Kier alpha value is -1.59. The maximum Gasteiger partial charge on any atom is 0.191 e. The molecule has 0 atom stereocenters. The van der Waals surface area contributed by atoms with Crippen LogP contribution in [-0.2, 0) is 19.4 Å². The van der Waals surface area contributed by atoms with Gasteiger partial charge in [-0.25, -0.2) is 0 Å². The summed E-state index contributed by atoms with van der Waals surface area (Å²) in [6.07, 6.45) is 15.5. The van der Waals surface area contributed by atoms with Crippen LogP contribution >= 0.6 is 0 Å². The lowest BCUT2D eigenvalue weighted by molar-refractivity contribution is 0.334. The molecule has 6 nitrogen and oxygen atoms in total. The minimum atomic E-state index is 0.854. The zero-order chi connectivity index (χ0) is 18.7. The Morgan fingerprint density at radius 3 is 2.78 bits per heavy atom. The summed E-state index contributed by atoms with van der Waals surface area (Å²) in [4.78, 5) is 4.77. The zero-order valence-electron chi connectivity index (χ0n) is 17.2. The van der Waals surface area contributed by atoms with Crippen LogP contribution in [0.15, 0.2) is 4.99 Å². The van der Waals surface area contributed by atoms with Crippen LogP contribution in [0.2, 0.25) is 0 Å². The topological polar surface area (TPSA) is 67.1 Å². The third kappa shape index (κ3) is 6.51. The Bertz CT molecular complexity index is 573. The fourth-order valence-electron chi connectivity index (χ4n) is 4.41. The summed E-state index contributed by atoms with van der Waals surface area (Å²) < 4.78 is 2.34. The third-order valence-corrected chi connectivity index (χ3v) is 5.94. The van der Waals surface area contributed by atoms with Gasteiger partial charge in [0.1, 0.15) is 11.6 Å². The Labute approximate surface area is 164 Å². The van der Waals surface area contributed by atoms with Gasteiger partial charge in [0.25, 0.3) is 0 Å². The number of fused-ring (bicyclic) bond motifs is 1. The Morgan fingerprint density at radius 2 is 1.93 bits per heavy atom. The van der Waals surface area contributed by atoms with E-state index in [0.29, 0.717) is 0 Å². The zero-order valence-corrected chi connectivity index (χ0v) is 17.2. The van der Waals surface area contributed by atoms with Crippen molar-refractivity contribution >= 4 is 5.96 Å². The van der Waals surface area contributed by atoms with E-state index in [9.17, 15) is 0 Å². The van der Waals surface area contributed by atoms with E-state index in [2.05, 4.69) is 32.3 Å². The average Bonchev–Trinajstić information content (AvgIpc) is 2.92. The molecular formula is C21H38N6. The predicted octanol–water partition coefficient (Wildman–Crippen LogP) is 3.46. The van der Waals surface area contributed by atoms with Crippen LogP contribution < -0.4 is 10.6 Å². The van der Waals surface area contributed by atoms with Crippen LogP contribution in [0.25, 0.3) is 0 Å². The summed E-state index contributed by atoms with van der Waals surface area (Å²) in [7, 11) is 0. The van der Waals surface area contributed by atoms with Gasteiger partial charge in [-0.3, -0.25) is 4.99 Å². The highest BCUT2D eigenvalue weighted by molar-refractivity contribution is 5.79. The van der Waals surface area contributed by atoms with Crippen LogP contribution in [0.5, 0.6) is 0 Å². The fourth-order valence-corrected chi connectivity index (χ4v) is 4.41. The molecule has 0 unspecified atom stereocenters. The van der Waals surface area contributed by atoms with Gasteiger partial charge in [-0.05, 0) is 38.5 Å². The quantitative estimate of drug-likeness (QED) is 0.415. The standard InChI is InChI=1S/C21H38N6/c1-2-22-21(23-15-9-12-18-10-5-3-6-11-18)24-16-14-20-26-25-19-13-7-4-8-17-27(19)20/h18H,2-17H2,1H3,(H2,22,23,24). The van der Waals surface area contributed by atoms with E-state index in [-0.39, 0.29) is 0 Å².